The Balaban J connectivity index is 1.45. The van der Waals surface area contributed by atoms with Crippen LogP contribution in [-0.2, 0) is 17.9 Å². The van der Waals surface area contributed by atoms with Crippen molar-refractivity contribution in [2.45, 2.75) is 13.2 Å². The minimum absolute atomic E-state index is 0.0231. The third kappa shape index (κ3) is 6.28. The van der Waals surface area contributed by atoms with Gasteiger partial charge in [-0.25, -0.2) is 0 Å². The van der Waals surface area contributed by atoms with Gasteiger partial charge in [-0.15, -0.1) is 0 Å². The van der Waals surface area contributed by atoms with Crippen LogP contribution in [0.5, 0.6) is 17.2 Å². The van der Waals surface area contributed by atoms with Crippen LogP contribution < -0.4 is 14.2 Å². The number of hydrogen-bond acceptors (Lipinski definition) is 4. The summed E-state index contributed by atoms with van der Waals surface area (Å²) in [6, 6.07) is 24.9. The third-order valence-electron chi connectivity index (χ3n) is 4.41. The van der Waals surface area contributed by atoms with Crippen LogP contribution in [0.2, 0.25) is 0 Å². The summed E-state index contributed by atoms with van der Waals surface area (Å²) in [5.74, 6) is 2.05. The average molecular weight is 391 g/mol. The quantitative estimate of drug-likeness (QED) is 0.545. The Morgan fingerprint density at radius 1 is 0.793 bits per heavy atom. The van der Waals surface area contributed by atoms with E-state index in [0.717, 1.165) is 22.6 Å². The monoisotopic (exact) mass is 391 g/mol. The van der Waals surface area contributed by atoms with Crippen LogP contribution in [0.25, 0.3) is 0 Å². The topological polar surface area (TPSA) is 48.0 Å². The highest BCUT2D eigenvalue weighted by Crippen LogP contribution is 2.19. The van der Waals surface area contributed by atoms with E-state index in [9.17, 15) is 4.79 Å². The second-order valence-corrected chi connectivity index (χ2v) is 6.64. The fraction of sp³-hybridized carbons (Fsp3) is 0.208. The van der Waals surface area contributed by atoms with Crippen molar-refractivity contribution in [3.63, 3.8) is 0 Å². The summed E-state index contributed by atoms with van der Waals surface area (Å²) >= 11 is 0. The lowest BCUT2D eigenvalue weighted by Gasteiger charge is -2.18. The van der Waals surface area contributed by atoms with E-state index in [2.05, 4.69) is 0 Å². The van der Waals surface area contributed by atoms with Gasteiger partial charge < -0.3 is 19.1 Å². The number of rotatable bonds is 9. The van der Waals surface area contributed by atoms with E-state index in [1.807, 2.05) is 66.7 Å². The van der Waals surface area contributed by atoms with Gasteiger partial charge in [-0.1, -0.05) is 42.5 Å². The molecule has 0 unspecified atom stereocenters. The summed E-state index contributed by atoms with van der Waals surface area (Å²) in [6.45, 7) is 0.977. The van der Waals surface area contributed by atoms with E-state index in [0.29, 0.717) is 18.9 Å². The molecule has 0 aliphatic heterocycles. The zero-order valence-corrected chi connectivity index (χ0v) is 16.7. The molecule has 3 aromatic carbocycles. The van der Waals surface area contributed by atoms with E-state index in [4.69, 9.17) is 14.2 Å². The zero-order valence-electron chi connectivity index (χ0n) is 16.7. The molecule has 0 saturated heterocycles. The van der Waals surface area contributed by atoms with Gasteiger partial charge in [-0.2, -0.15) is 0 Å². The number of methoxy groups -OCH3 is 1. The molecule has 0 spiro atoms. The van der Waals surface area contributed by atoms with Crippen molar-refractivity contribution in [1.82, 2.24) is 4.90 Å². The summed E-state index contributed by atoms with van der Waals surface area (Å²) in [5, 5.41) is 0. The van der Waals surface area contributed by atoms with Gasteiger partial charge in [-0.05, 0) is 47.5 Å². The van der Waals surface area contributed by atoms with Gasteiger partial charge in [0.1, 0.15) is 23.9 Å². The van der Waals surface area contributed by atoms with E-state index < -0.39 is 0 Å². The molecule has 0 bridgehead atoms. The molecule has 0 heterocycles. The molecular formula is C24H25NO4. The van der Waals surface area contributed by atoms with Crippen molar-refractivity contribution in [2.75, 3.05) is 20.8 Å². The molecule has 150 valence electrons. The molecule has 0 aliphatic carbocycles. The maximum Gasteiger partial charge on any atom is 0.260 e. The van der Waals surface area contributed by atoms with E-state index >= 15 is 0 Å². The first kappa shape index (κ1) is 20.3. The van der Waals surface area contributed by atoms with Crippen molar-refractivity contribution >= 4 is 5.91 Å². The van der Waals surface area contributed by atoms with Gasteiger partial charge in [0.05, 0.1) is 7.11 Å². The second kappa shape index (κ2) is 10.2. The molecule has 3 rings (SSSR count). The molecule has 0 aliphatic rings. The molecule has 29 heavy (non-hydrogen) atoms. The summed E-state index contributed by atoms with van der Waals surface area (Å²) in [7, 11) is 3.38. The highest BCUT2D eigenvalue weighted by atomic mass is 16.5. The van der Waals surface area contributed by atoms with Crippen molar-refractivity contribution in [3.05, 3.63) is 90.0 Å². The largest absolute Gasteiger partial charge is 0.497 e. The number of likely N-dealkylation sites (N-methyl/N-ethyl adjacent to an activating group) is 1. The van der Waals surface area contributed by atoms with Crippen LogP contribution in [0.15, 0.2) is 78.9 Å². The molecule has 0 atom stereocenters. The molecule has 0 N–H and O–H groups in total. The number of nitrogens with zero attached hydrogens (tertiary/aromatic N) is 1. The third-order valence-corrected chi connectivity index (χ3v) is 4.41. The second-order valence-electron chi connectivity index (χ2n) is 6.64. The standard InChI is InChI=1S/C24H25NO4/c1-25(16-20-9-6-10-23(15-20)27-2)24(26)18-29-22-13-11-21(12-14-22)28-17-19-7-4-3-5-8-19/h3-15H,16-18H2,1-2H3. The molecule has 1 amide bonds. The number of carbonyl (C=O) groups excluding carboxylic acids is 1. The van der Waals surface area contributed by atoms with Gasteiger partial charge in [0.25, 0.3) is 5.91 Å². The zero-order chi connectivity index (χ0) is 20.5. The molecule has 5 heteroatoms. The van der Waals surface area contributed by atoms with Crippen molar-refractivity contribution < 1.29 is 19.0 Å². The Morgan fingerprint density at radius 3 is 2.14 bits per heavy atom. The molecular weight excluding hydrogens is 366 g/mol. The van der Waals surface area contributed by atoms with Crippen LogP contribution in [0.4, 0.5) is 0 Å². The van der Waals surface area contributed by atoms with Gasteiger partial charge in [0.15, 0.2) is 6.61 Å². The van der Waals surface area contributed by atoms with Crippen LogP contribution in [-0.4, -0.2) is 31.6 Å². The fourth-order valence-electron chi connectivity index (χ4n) is 2.76. The molecule has 0 aromatic heterocycles. The Morgan fingerprint density at radius 2 is 1.45 bits per heavy atom. The Kier molecular flexibility index (Phi) is 7.11. The van der Waals surface area contributed by atoms with Crippen molar-refractivity contribution in [3.8, 4) is 17.2 Å². The first-order valence-electron chi connectivity index (χ1n) is 9.40. The van der Waals surface area contributed by atoms with Crippen LogP contribution >= 0.6 is 0 Å². The van der Waals surface area contributed by atoms with Gasteiger partial charge in [0.2, 0.25) is 0 Å². The Hall–Kier alpha value is -3.47. The number of amides is 1. The maximum absolute atomic E-state index is 12.3. The minimum Gasteiger partial charge on any atom is -0.497 e. The molecule has 0 radical (unpaired) electrons. The molecule has 0 saturated carbocycles. The van der Waals surface area contributed by atoms with E-state index in [1.165, 1.54) is 0 Å². The first-order valence-corrected chi connectivity index (χ1v) is 9.40. The normalized spacial score (nSPS) is 10.3. The average Bonchev–Trinajstić information content (AvgIpc) is 2.77. The highest BCUT2D eigenvalue weighted by Gasteiger charge is 2.11. The number of ether oxygens (including phenoxy) is 3. The SMILES string of the molecule is COc1cccc(CN(C)C(=O)COc2ccc(OCc3ccccc3)cc2)c1. The first-order chi connectivity index (χ1) is 14.1. The van der Waals surface area contributed by atoms with Gasteiger partial charge >= 0.3 is 0 Å². The number of hydrogen-bond donors (Lipinski definition) is 0. The van der Waals surface area contributed by atoms with E-state index in [-0.39, 0.29) is 12.5 Å². The summed E-state index contributed by atoms with van der Waals surface area (Å²) in [4.78, 5) is 14.0. The predicted molar refractivity (Wildman–Crippen MR) is 112 cm³/mol. The smallest absolute Gasteiger partial charge is 0.260 e. The molecule has 0 fully saturated rings. The fourth-order valence-corrected chi connectivity index (χ4v) is 2.76. The Labute approximate surface area is 171 Å². The van der Waals surface area contributed by atoms with Crippen molar-refractivity contribution in [2.24, 2.45) is 0 Å². The number of benzene rings is 3. The van der Waals surface area contributed by atoms with Gasteiger partial charge in [-0.3, -0.25) is 4.79 Å². The summed E-state index contributed by atoms with van der Waals surface area (Å²) in [5.41, 5.74) is 2.11. The molecule has 3 aromatic rings. The van der Waals surface area contributed by atoms with Crippen LogP contribution in [0.1, 0.15) is 11.1 Å². The van der Waals surface area contributed by atoms with Crippen LogP contribution in [0, 0.1) is 0 Å². The Bertz CT molecular complexity index is 910. The summed E-state index contributed by atoms with van der Waals surface area (Å²) in [6.07, 6.45) is 0. The maximum atomic E-state index is 12.3. The number of carbonyl (C=O) groups is 1. The van der Waals surface area contributed by atoms with Crippen LogP contribution in [0.3, 0.4) is 0 Å². The van der Waals surface area contributed by atoms with E-state index in [1.54, 1.807) is 31.2 Å². The van der Waals surface area contributed by atoms with Crippen molar-refractivity contribution in [1.29, 1.82) is 0 Å². The highest BCUT2D eigenvalue weighted by molar-refractivity contribution is 5.77. The summed E-state index contributed by atoms with van der Waals surface area (Å²) < 4.78 is 16.6. The molecule has 5 nitrogen and oxygen atoms in total. The lowest BCUT2D eigenvalue weighted by atomic mass is 10.2. The van der Waals surface area contributed by atoms with Gasteiger partial charge in [0, 0.05) is 13.6 Å². The lowest BCUT2D eigenvalue weighted by Crippen LogP contribution is -2.30. The minimum atomic E-state index is -0.0998. The predicted octanol–water partition coefficient (Wildman–Crippen LogP) is 4.31. The lowest BCUT2D eigenvalue weighted by molar-refractivity contribution is -0.132.